The van der Waals surface area contributed by atoms with Gasteiger partial charge in [0.15, 0.2) is 5.82 Å². The van der Waals surface area contributed by atoms with E-state index in [1.165, 1.54) is 61.2 Å². The predicted molar refractivity (Wildman–Crippen MR) is 251 cm³/mol. The van der Waals surface area contributed by atoms with Crippen LogP contribution in [0.2, 0.25) is 0 Å². The van der Waals surface area contributed by atoms with Crippen LogP contribution < -0.4 is 0 Å². The standard InChI is InChI=1S/C59H38N2/c1-3-18-39(19-4-1)41-22-17-23-42(36-41)56-38-57(50-30-10-7-24-44(50)40-20-5-2-6-21-40)61-58(60-56)43-34-35-55-51(37-43)49-29-13-16-33-54(49)59(55)52-31-14-11-27-47(52)45-25-8-9-26-46(45)48-28-12-15-32-53(48)59/h1-38H. The van der Waals surface area contributed by atoms with Crippen molar-refractivity contribution in [3.8, 4) is 89.5 Å². The van der Waals surface area contributed by atoms with Crippen molar-refractivity contribution in [2.24, 2.45) is 0 Å². The van der Waals surface area contributed by atoms with Crippen molar-refractivity contribution < 1.29 is 0 Å². The molecule has 2 aliphatic carbocycles. The lowest BCUT2D eigenvalue weighted by atomic mass is 9.66. The molecule has 284 valence electrons. The third-order valence-corrected chi connectivity index (χ3v) is 12.8. The molecule has 1 aromatic heterocycles. The van der Waals surface area contributed by atoms with E-state index in [2.05, 4.69) is 231 Å². The van der Waals surface area contributed by atoms with Gasteiger partial charge >= 0.3 is 0 Å². The van der Waals surface area contributed by atoms with Crippen LogP contribution in [-0.2, 0) is 5.41 Å². The quantitative estimate of drug-likeness (QED) is 0.174. The van der Waals surface area contributed by atoms with E-state index in [1.807, 2.05) is 0 Å². The number of rotatable bonds is 5. The average Bonchev–Trinajstić information content (AvgIpc) is 3.58. The molecule has 0 amide bonds. The van der Waals surface area contributed by atoms with Crippen molar-refractivity contribution in [2.75, 3.05) is 0 Å². The maximum atomic E-state index is 5.45. The number of hydrogen-bond acceptors (Lipinski definition) is 2. The second kappa shape index (κ2) is 14.1. The first kappa shape index (κ1) is 35.0. The Kier molecular flexibility index (Phi) is 8.11. The zero-order valence-electron chi connectivity index (χ0n) is 33.3. The summed E-state index contributed by atoms with van der Waals surface area (Å²) in [6.45, 7) is 0. The van der Waals surface area contributed by atoms with Crippen LogP contribution >= 0.6 is 0 Å². The van der Waals surface area contributed by atoms with Gasteiger partial charge in [0.25, 0.3) is 0 Å². The molecule has 9 aromatic carbocycles. The summed E-state index contributed by atoms with van der Waals surface area (Å²) in [4.78, 5) is 10.9. The fraction of sp³-hybridized carbons (Fsp3) is 0.0169. The van der Waals surface area contributed by atoms with Crippen LogP contribution in [0.5, 0.6) is 0 Å². The Balaban J connectivity index is 1.10. The molecular weight excluding hydrogens is 737 g/mol. The summed E-state index contributed by atoms with van der Waals surface area (Å²) in [6, 6.07) is 83.5. The van der Waals surface area contributed by atoms with Gasteiger partial charge in [0, 0.05) is 16.7 Å². The zero-order valence-corrected chi connectivity index (χ0v) is 33.3. The molecule has 1 spiro atoms. The highest BCUT2D eigenvalue weighted by Gasteiger charge is 2.49. The summed E-state index contributed by atoms with van der Waals surface area (Å²) in [5.41, 5.74) is 21.5. The average molecular weight is 775 g/mol. The largest absolute Gasteiger partial charge is 0.228 e. The molecule has 0 saturated heterocycles. The Morgan fingerprint density at radius 3 is 1.30 bits per heavy atom. The summed E-state index contributed by atoms with van der Waals surface area (Å²) in [5, 5.41) is 0. The third kappa shape index (κ3) is 5.50. The molecule has 0 atom stereocenters. The highest BCUT2D eigenvalue weighted by atomic mass is 14.9. The molecule has 0 radical (unpaired) electrons. The SMILES string of the molecule is c1ccc(-c2cccc(-c3cc(-c4ccccc4-c4ccccc4)nc(-c4ccc5c(c4)-c4ccccc4C54c5ccccc5-c5ccccc5-c5ccccc54)n3)c2)cc1. The second-order valence-electron chi connectivity index (χ2n) is 16.0. The van der Waals surface area contributed by atoms with E-state index in [1.54, 1.807) is 0 Å². The summed E-state index contributed by atoms with van der Waals surface area (Å²) in [5.74, 6) is 0.691. The third-order valence-electron chi connectivity index (χ3n) is 12.8. The number of fused-ring (bicyclic) bond motifs is 12. The van der Waals surface area contributed by atoms with E-state index >= 15 is 0 Å². The zero-order chi connectivity index (χ0) is 40.3. The molecule has 12 rings (SSSR count). The topological polar surface area (TPSA) is 25.8 Å². The van der Waals surface area contributed by atoms with Crippen LogP contribution in [0.3, 0.4) is 0 Å². The first-order chi connectivity index (χ1) is 30.3. The van der Waals surface area contributed by atoms with Crippen molar-refractivity contribution in [2.45, 2.75) is 5.41 Å². The van der Waals surface area contributed by atoms with Gasteiger partial charge in [0.1, 0.15) is 0 Å². The molecule has 0 fully saturated rings. The Hall–Kier alpha value is -7.94. The van der Waals surface area contributed by atoms with Gasteiger partial charge in [0.2, 0.25) is 0 Å². The highest BCUT2D eigenvalue weighted by Crippen LogP contribution is 2.61. The molecular formula is C59H38N2. The molecule has 0 saturated carbocycles. The molecule has 0 aliphatic heterocycles. The van der Waals surface area contributed by atoms with Crippen molar-refractivity contribution >= 4 is 0 Å². The van der Waals surface area contributed by atoms with Gasteiger partial charge in [-0.15, -0.1) is 0 Å². The van der Waals surface area contributed by atoms with Gasteiger partial charge < -0.3 is 0 Å². The molecule has 10 aromatic rings. The van der Waals surface area contributed by atoms with Crippen molar-refractivity contribution in [1.82, 2.24) is 9.97 Å². The van der Waals surface area contributed by atoms with Crippen LogP contribution in [0.1, 0.15) is 22.3 Å². The van der Waals surface area contributed by atoms with Gasteiger partial charge in [-0.25, -0.2) is 9.97 Å². The molecule has 2 heteroatoms. The van der Waals surface area contributed by atoms with E-state index in [0.29, 0.717) is 5.82 Å². The fourth-order valence-electron chi connectivity index (χ4n) is 10.1. The maximum Gasteiger partial charge on any atom is 0.160 e. The number of aromatic nitrogens is 2. The summed E-state index contributed by atoms with van der Waals surface area (Å²) in [7, 11) is 0. The lowest BCUT2D eigenvalue weighted by molar-refractivity contribution is 0.775. The van der Waals surface area contributed by atoms with E-state index < -0.39 is 5.41 Å². The van der Waals surface area contributed by atoms with Crippen LogP contribution in [0.25, 0.3) is 89.5 Å². The minimum Gasteiger partial charge on any atom is -0.228 e. The molecule has 61 heavy (non-hydrogen) atoms. The van der Waals surface area contributed by atoms with Crippen LogP contribution in [0, 0.1) is 0 Å². The second-order valence-corrected chi connectivity index (χ2v) is 16.0. The maximum absolute atomic E-state index is 5.45. The summed E-state index contributed by atoms with van der Waals surface area (Å²) >= 11 is 0. The molecule has 1 heterocycles. The van der Waals surface area contributed by atoms with Gasteiger partial charge in [-0.05, 0) is 96.1 Å². The Morgan fingerprint density at radius 2 is 0.672 bits per heavy atom. The minimum absolute atomic E-state index is 0.545. The Labute approximate surface area is 356 Å². The van der Waals surface area contributed by atoms with Crippen LogP contribution in [-0.4, -0.2) is 9.97 Å². The normalized spacial score (nSPS) is 12.7. The van der Waals surface area contributed by atoms with E-state index in [0.717, 1.165) is 44.8 Å². The van der Waals surface area contributed by atoms with Crippen molar-refractivity contribution in [3.05, 3.63) is 253 Å². The molecule has 2 nitrogen and oxygen atoms in total. The van der Waals surface area contributed by atoms with Gasteiger partial charge in [-0.1, -0.05) is 212 Å². The van der Waals surface area contributed by atoms with E-state index in [4.69, 9.17) is 9.97 Å². The molecule has 0 N–H and O–H groups in total. The van der Waals surface area contributed by atoms with Gasteiger partial charge in [-0.2, -0.15) is 0 Å². The molecule has 2 aliphatic rings. The number of benzene rings is 9. The van der Waals surface area contributed by atoms with E-state index in [-0.39, 0.29) is 0 Å². The fourth-order valence-corrected chi connectivity index (χ4v) is 10.1. The summed E-state index contributed by atoms with van der Waals surface area (Å²) in [6.07, 6.45) is 0. The Bertz CT molecular complexity index is 3240. The first-order valence-corrected chi connectivity index (χ1v) is 21.0. The van der Waals surface area contributed by atoms with Crippen LogP contribution in [0.4, 0.5) is 0 Å². The monoisotopic (exact) mass is 774 g/mol. The smallest absolute Gasteiger partial charge is 0.160 e. The van der Waals surface area contributed by atoms with Crippen LogP contribution in [0.15, 0.2) is 231 Å². The van der Waals surface area contributed by atoms with Crippen molar-refractivity contribution in [3.63, 3.8) is 0 Å². The minimum atomic E-state index is -0.545. The molecule has 0 unspecified atom stereocenters. The lowest BCUT2D eigenvalue weighted by Gasteiger charge is -2.35. The van der Waals surface area contributed by atoms with Crippen molar-refractivity contribution in [1.29, 1.82) is 0 Å². The van der Waals surface area contributed by atoms with Gasteiger partial charge in [-0.3, -0.25) is 0 Å². The predicted octanol–water partition coefficient (Wildman–Crippen LogP) is 14.8. The summed E-state index contributed by atoms with van der Waals surface area (Å²) < 4.78 is 0. The molecule has 0 bridgehead atoms. The van der Waals surface area contributed by atoms with Gasteiger partial charge in [0.05, 0.1) is 16.8 Å². The highest BCUT2D eigenvalue weighted by molar-refractivity contribution is 5.98. The Morgan fingerprint density at radius 1 is 0.230 bits per heavy atom. The first-order valence-electron chi connectivity index (χ1n) is 21.0. The number of hydrogen-bond donors (Lipinski definition) is 0. The van der Waals surface area contributed by atoms with E-state index in [9.17, 15) is 0 Å². The lowest BCUT2D eigenvalue weighted by Crippen LogP contribution is -2.29. The number of nitrogens with zero attached hydrogens (tertiary/aromatic N) is 2.